The van der Waals surface area contributed by atoms with Gasteiger partial charge in [-0.2, -0.15) is 0 Å². The molecule has 0 spiro atoms. The van der Waals surface area contributed by atoms with Crippen LogP contribution in [-0.4, -0.2) is 38.1 Å². The molecule has 1 atom stereocenters. The van der Waals surface area contributed by atoms with Crippen LogP contribution in [0.1, 0.15) is 6.42 Å². The molecule has 0 aliphatic carbocycles. The predicted molar refractivity (Wildman–Crippen MR) is 39.9 cm³/mol. The molecule has 8 heavy (non-hydrogen) atoms. The van der Waals surface area contributed by atoms with Crippen LogP contribution >= 0.6 is 22.9 Å². The summed E-state index contributed by atoms with van der Waals surface area (Å²) in [7, 11) is 0. The summed E-state index contributed by atoms with van der Waals surface area (Å²) in [4.78, 5) is 10.8. The third kappa shape index (κ3) is 1.29. The Kier molecular flexibility index (Phi) is 2.42. The fraction of sp³-hybridized carbons (Fsp3) is 0.750. The first-order valence-corrected chi connectivity index (χ1v) is 5.01. The van der Waals surface area contributed by atoms with Crippen LogP contribution in [0.25, 0.3) is 0 Å². The average molecular weight is 329 g/mol. The maximum atomic E-state index is 10.8. The Morgan fingerprint density at radius 3 is 2.62 bits per heavy atom. The van der Waals surface area contributed by atoms with Gasteiger partial charge in [-0.1, -0.05) is 0 Å². The molecule has 0 aromatic carbocycles. The van der Waals surface area contributed by atoms with E-state index in [2.05, 4.69) is 22.9 Å². The number of nitrogens with zero attached hydrogens (tertiary/aromatic N) is 1. The zero-order chi connectivity index (χ0) is 6.15. The Bertz CT molecular complexity index is 107. The summed E-state index contributed by atoms with van der Waals surface area (Å²) in [5.41, 5.74) is 0. The van der Waals surface area contributed by atoms with Crippen molar-refractivity contribution in [2.24, 2.45) is 0 Å². The van der Waals surface area contributed by atoms with E-state index in [1.807, 2.05) is 0 Å². The molecule has 0 bridgehead atoms. The summed E-state index contributed by atoms with van der Waals surface area (Å²) in [5.74, 6) is 0.323. The molecule has 1 rings (SSSR count). The molecule has 1 aliphatic rings. The first-order chi connectivity index (χ1) is 3.72. The SMILES string of the molecule is O=C1[CH]([Sn])CCN1I. The van der Waals surface area contributed by atoms with E-state index in [9.17, 15) is 4.79 Å². The van der Waals surface area contributed by atoms with Gasteiger partial charge in [-0.05, 0) is 0 Å². The van der Waals surface area contributed by atoms with Crippen LogP contribution in [0.15, 0.2) is 0 Å². The van der Waals surface area contributed by atoms with E-state index in [0.717, 1.165) is 13.0 Å². The van der Waals surface area contributed by atoms with E-state index in [-0.39, 0.29) is 0 Å². The van der Waals surface area contributed by atoms with E-state index < -0.39 is 0 Å². The Balaban J connectivity index is 2.57. The number of hydrogen-bond donors (Lipinski definition) is 0. The average Bonchev–Trinajstić information content (AvgIpc) is 1.98. The number of carbonyl (C=O) groups is 1. The van der Waals surface area contributed by atoms with Crippen molar-refractivity contribution in [3.05, 3.63) is 0 Å². The van der Waals surface area contributed by atoms with Gasteiger partial charge in [0.2, 0.25) is 0 Å². The number of halogens is 1. The van der Waals surface area contributed by atoms with Crippen molar-refractivity contribution >= 4 is 51.3 Å². The van der Waals surface area contributed by atoms with Gasteiger partial charge in [0.15, 0.2) is 0 Å². The molecule has 1 unspecified atom stereocenters. The standard InChI is InChI=1S/C4H5INO.Sn/c5-6-3-1-2-4(6)7;/h2H,1,3H2;. The van der Waals surface area contributed by atoms with E-state index in [1.54, 1.807) is 3.11 Å². The molecule has 1 saturated heterocycles. The quantitative estimate of drug-likeness (QED) is 0.361. The molecule has 0 N–H and O–H groups in total. The molecule has 0 saturated carbocycles. The van der Waals surface area contributed by atoms with Gasteiger partial charge < -0.3 is 0 Å². The summed E-state index contributed by atoms with van der Waals surface area (Å²) in [6.07, 6.45) is 1.07. The zero-order valence-electron chi connectivity index (χ0n) is 4.22. The van der Waals surface area contributed by atoms with E-state index in [1.165, 1.54) is 22.5 Å². The first-order valence-electron chi connectivity index (χ1n) is 2.40. The number of carbonyl (C=O) groups excluding carboxylic acids is 1. The molecule has 2 nitrogen and oxygen atoms in total. The molecular formula is C4H5INOSn. The number of amides is 1. The second kappa shape index (κ2) is 2.72. The van der Waals surface area contributed by atoms with Crippen molar-refractivity contribution in [3.8, 4) is 0 Å². The van der Waals surface area contributed by atoms with E-state index >= 15 is 0 Å². The molecule has 0 aromatic rings. The molecule has 1 aliphatic heterocycles. The third-order valence-corrected chi connectivity index (χ3v) is 3.64. The minimum absolute atomic E-state index is 0.323. The van der Waals surface area contributed by atoms with Gasteiger partial charge in [0.1, 0.15) is 0 Å². The molecule has 1 heterocycles. The zero-order valence-corrected chi connectivity index (χ0v) is 9.24. The van der Waals surface area contributed by atoms with Crippen molar-refractivity contribution in [2.45, 2.75) is 10.4 Å². The monoisotopic (exact) mass is 330 g/mol. The van der Waals surface area contributed by atoms with Gasteiger partial charge in [0.05, 0.1) is 0 Å². The van der Waals surface area contributed by atoms with Crippen molar-refractivity contribution in [1.82, 2.24) is 3.11 Å². The maximum absolute atomic E-state index is 10.8. The topological polar surface area (TPSA) is 20.3 Å². The summed E-state index contributed by atoms with van der Waals surface area (Å²) in [6.45, 7) is 0.954. The first kappa shape index (κ1) is 7.11. The predicted octanol–water partition coefficient (Wildman–Crippen LogP) is 0.526. The summed E-state index contributed by atoms with van der Waals surface area (Å²) in [6, 6.07) is 0. The molecule has 1 amide bonds. The van der Waals surface area contributed by atoms with Gasteiger partial charge in [0.25, 0.3) is 0 Å². The fourth-order valence-corrected chi connectivity index (χ4v) is 2.82. The van der Waals surface area contributed by atoms with Gasteiger partial charge in [0, 0.05) is 0 Å². The van der Waals surface area contributed by atoms with E-state index in [4.69, 9.17) is 0 Å². The van der Waals surface area contributed by atoms with Crippen molar-refractivity contribution < 1.29 is 4.79 Å². The van der Waals surface area contributed by atoms with Crippen LogP contribution in [-0.2, 0) is 4.79 Å². The minimum atomic E-state index is 0.323. The fourth-order valence-electron chi connectivity index (χ4n) is 0.645. The van der Waals surface area contributed by atoms with Gasteiger partial charge in [-0.15, -0.1) is 0 Å². The van der Waals surface area contributed by atoms with Crippen LogP contribution in [0.4, 0.5) is 0 Å². The molecule has 1 fully saturated rings. The van der Waals surface area contributed by atoms with Crippen LogP contribution in [0.5, 0.6) is 0 Å². The molecule has 3 radical (unpaired) electrons. The van der Waals surface area contributed by atoms with Crippen molar-refractivity contribution in [2.75, 3.05) is 6.54 Å². The normalized spacial score (nSPS) is 29.5. The van der Waals surface area contributed by atoms with Gasteiger partial charge >= 0.3 is 76.1 Å². The van der Waals surface area contributed by atoms with Crippen molar-refractivity contribution in [3.63, 3.8) is 0 Å². The molecule has 43 valence electrons. The van der Waals surface area contributed by atoms with Crippen LogP contribution < -0.4 is 0 Å². The number of rotatable bonds is 0. The summed E-state index contributed by atoms with van der Waals surface area (Å²) < 4.78 is 2.14. The second-order valence-electron chi connectivity index (χ2n) is 1.77. The molecular weight excluding hydrogens is 324 g/mol. The Morgan fingerprint density at radius 2 is 2.50 bits per heavy atom. The summed E-state index contributed by atoms with van der Waals surface area (Å²) >= 11 is 3.43. The Labute approximate surface area is 75.6 Å². The Morgan fingerprint density at radius 1 is 1.88 bits per heavy atom. The van der Waals surface area contributed by atoms with Crippen LogP contribution in [0, 0.1) is 0 Å². The summed E-state index contributed by atoms with van der Waals surface area (Å²) in [5, 5.41) is 0. The van der Waals surface area contributed by atoms with Gasteiger partial charge in [-0.25, -0.2) is 0 Å². The van der Waals surface area contributed by atoms with Crippen molar-refractivity contribution in [1.29, 1.82) is 0 Å². The van der Waals surface area contributed by atoms with Crippen LogP contribution in [0.3, 0.4) is 0 Å². The Hall–Kier alpha value is 0.999. The number of hydrogen-bond acceptors (Lipinski definition) is 1. The third-order valence-electron chi connectivity index (χ3n) is 1.15. The second-order valence-corrected chi connectivity index (χ2v) is 4.92. The van der Waals surface area contributed by atoms with Crippen LogP contribution in [0.2, 0.25) is 3.93 Å². The van der Waals surface area contributed by atoms with E-state index in [0.29, 0.717) is 9.84 Å². The molecule has 4 heteroatoms. The van der Waals surface area contributed by atoms with Gasteiger partial charge in [-0.3, -0.25) is 0 Å². The molecule has 0 aromatic heterocycles.